The van der Waals surface area contributed by atoms with Crippen molar-refractivity contribution in [3.05, 3.63) is 44.3 Å². The van der Waals surface area contributed by atoms with Gasteiger partial charge < -0.3 is 5.32 Å². The zero-order chi connectivity index (χ0) is 14.9. The predicted molar refractivity (Wildman–Crippen MR) is 73.9 cm³/mol. The van der Waals surface area contributed by atoms with Gasteiger partial charge in [0.05, 0.1) is 22.5 Å². The molecular weight excluding hydrogens is 357 g/mol. The monoisotopic (exact) mass is 364 g/mol. The van der Waals surface area contributed by atoms with Crippen molar-refractivity contribution >= 4 is 38.9 Å². The van der Waals surface area contributed by atoms with Gasteiger partial charge in [-0.3, -0.25) is 4.79 Å². The summed E-state index contributed by atoms with van der Waals surface area (Å²) < 4.78 is 38.3. The highest BCUT2D eigenvalue weighted by Gasteiger charge is 2.31. The quantitative estimate of drug-likeness (QED) is 0.853. The zero-order valence-electron chi connectivity index (χ0n) is 10.1. The molecule has 0 aliphatic heterocycles. The van der Waals surface area contributed by atoms with Gasteiger partial charge in [0.1, 0.15) is 4.88 Å². The van der Waals surface area contributed by atoms with Gasteiger partial charge in [0.25, 0.3) is 5.91 Å². The number of aromatic nitrogens is 1. The number of thiazole rings is 1. The highest BCUT2D eigenvalue weighted by atomic mass is 79.9. The molecule has 0 bridgehead atoms. The number of alkyl halides is 3. The molecule has 0 saturated carbocycles. The van der Waals surface area contributed by atoms with Crippen molar-refractivity contribution in [3.63, 3.8) is 0 Å². The fourth-order valence-electron chi connectivity index (χ4n) is 1.50. The summed E-state index contributed by atoms with van der Waals surface area (Å²) in [5.74, 6) is -0.481. The third-order valence-electron chi connectivity index (χ3n) is 2.49. The Bertz CT molecular complexity index is 654. The molecule has 1 aromatic heterocycles. The van der Waals surface area contributed by atoms with Gasteiger partial charge in [-0.15, -0.1) is 11.3 Å². The second-order valence-electron chi connectivity index (χ2n) is 3.91. The van der Waals surface area contributed by atoms with Gasteiger partial charge in [-0.05, 0) is 41.1 Å². The predicted octanol–water partition coefficient (Wildman–Crippen LogP) is 4.49. The molecule has 1 aromatic carbocycles. The van der Waals surface area contributed by atoms with Crippen molar-refractivity contribution in [2.75, 3.05) is 5.32 Å². The van der Waals surface area contributed by atoms with Crippen molar-refractivity contribution in [1.82, 2.24) is 4.98 Å². The van der Waals surface area contributed by atoms with Crippen LogP contribution >= 0.6 is 27.3 Å². The van der Waals surface area contributed by atoms with E-state index in [2.05, 4.69) is 26.2 Å². The second-order valence-corrected chi connectivity index (χ2v) is 5.62. The number of rotatable bonds is 2. The van der Waals surface area contributed by atoms with Crippen LogP contribution in [0.1, 0.15) is 20.9 Å². The molecule has 20 heavy (non-hydrogen) atoms. The topological polar surface area (TPSA) is 42.0 Å². The molecule has 1 heterocycles. The van der Waals surface area contributed by atoms with E-state index in [0.717, 1.165) is 23.5 Å². The molecule has 106 valence electrons. The molecule has 0 saturated heterocycles. The van der Waals surface area contributed by atoms with Crippen LogP contribution in [-0.4, -0.2) is 10.9 Å². The number of nitrogens with zero attached hydrogens (tertiary/aromatic N) is 1. The number of nitrogens with one attached hydrogen (secondary N) is 1. The van der Waals surface area contributed by atoms with Crippen LogP contribution < -0.4 is 5.32 Å². The maximum absolute atomic E-state index is 12.6. The molecule has 0 unspecified atom stereocenters. The molecule has 2 rings (SSSR count). The van der Waals surface area contributed by atoms with Crippen molar-refractivity contribution in [2.45, 2.75) is 13.1 Å². The summed E-state index contributed by atoms with van der Waals surface area (Å²) in [6.45, 7) is 1.66. The van der Waals surface area contributed by atoms with Gasteiger partial charge in [0.15, 0.2) is 0 Å². The molecular formula is C12H8BrF3N2OS. The van der Waals surface area contributed by atoms with Crippen molar-refractivity contribution in [3.8, 4) is 0 Å². The van der Waals surface area contributed by atoms with E-state index in [1.807, 2.05) is 0 Å². The van der Waals surface area contributed by atoms with Crippen molar-refractivity contribution in [1.29, 1.82) is 0 Å². The molecule has 0 aliphatic carbocycles. The first-order valence-electron chi connectivity index (χ1n) is 5.37. The van der Waals surface area contributed by atoms with Crippen LogP contribution in [0.4, 0.5) is 18.9 Å². The Hall–Kier alpha value is -1.41. The van der Waals surface area contributed by atoms with Crippen LogP contribution in [-0.2, 0) is 6.18 Å². The van der Waals surface area contributed by atoms with Gasteiger partial charge in [-0.25, -0.2) is 4.98 Å². The lowest BCUT2D eigenvalue weighted by atomic mass is 10.2. The Labute approximate surface area is 125 Å². The Morgan fingerprint density at radius 2 is 2.10 bits per heavy atom. The summed E-state index contributed by atoms with van der Waals surface area (Å²) in [6.07, 6.45) is -4.46. The molecule has 0 spiro atoms. The molecule has 8 heteroatoms. The van der Waals surface area contributed by atoms with Crippen molar-refractivity contribution in [2.24, 2.45) is 0 Å². The van der Waals surface area contributed by atoms with E-state index in [1.165, 1.54) is 11.6 Å². The molecule has 0 fully saturated rings. The number of hydrogen-bond donors (Lipinski definition) is 1. The van der Waals surface area contributed by atoms with Crippen LogP contribution in [0, 0.1) is 6.92 Å². The lowest BCUT2D eigenvalue weighted by molar-refractivity contribution is -0.137. The number of anilines is 1. The Balaban J connectivity index is 2.30. The highest BCUT2D eigenvalue weighted by molar-refractivity contribution is 9.10. The molecule has 0 aliphatic rings. The molecule has 1 N–H and O–H groups in total. The number of aryl methyl sites for hydroxylation is 1. The lowest BCUT2D eigenvalue weighted by Crippen LogP contribution is -2.13. The third-order valence-corrected chi connectivity index (χ3v) is 4.11. The fraction of sp³-hybridized carbons (Fsp3) is 0.167. The van der Waals surface area contributed by atoms with Crippen LogP contribution in [0.3, 0.4) is 0 Å². The largest absolute Gasteiger partial charge is 0.416 e. The highest BCUT2D eigenvalue weighted by Crippen LogP contribution is 2.34. The van der Waals surface area contributed by atoms with E-state index in [4.69, 9.17) is 0 Å². The minimum absolute atomic E-state index is 0.0672. The Morgan fingerprint density at radius 1 is 1.40 bits per heavy atom. The first-order chi connectivity index (χ1) is 9.29. The number of hydrogen-bond acceptors (Lipinski definition) is 3. The number of carbonyl (C=O) groups is 1. The number of benzene rings is 1. The third kappa shape index (κ3) is 3.18. The second kappa shape index (κ2) is 5.53. The standard InChI is InChI=1S/C12H8BrF3N2OS/c1-6-10(20-5-17-6)11(19)18-9-4-7(12(14,15)16)2-3-8(9)13/h2-5H,1H3,(H,18,19). The number of halogens is 4. The van der Waals surface area contributed by atoms with Gasteiger partial charge >= 0.3 is 6.18 Å². The Morgan fingerprint density at radius 3 is 2.65 bits per heavy atom. The molecule has 3 nitrogen and oxygen atoms in total. The molecule has 1 amide bonds. The summed E-state index contributed by atoms with van der Waals surface area (Å²) in [7, 11) is 0. The van der Waals surface area contributed by atoms with E-state index < -0.39 is 17.6 Å². The summed E-state index contributed by atoms with van der Waals surface area (Å²) >= 11 is 4.25. The fourth-order valence-corrected chi connectivity index (χ4v) is 2.54. The van der Waals surface area contributed by atoms with E-state index >= 15 is 0 Å². The minimum Gasteiger partial charge on any atom is -0.320 e. The lowest BCUT2D eigenvalue weighted by Gasteiger charge is -2.11. The Kier molecular flexibility index (Phi) is 4.14. The average Bonchev–Trinajstić information content (AvgIpc) is 2.77. The van der Waals surface area contributed by atoms with Crippen LogP contribution in [0.15, 0.2) is 28.2 Å². The SMILES string of the molecule is Cc1ncsc1C(=O)Nc1cc(C(F)(F)F)ccc1Br. The maximum Gasteiger partial charge on any atom is 0.416 e. The average molecular weight is 365 g/mol. The van der Waals surface area contributed by atoms with Crippen LogP contribution in [0.2, 0.25) is 0 Å². The van der Waals surface area contributed by atoms with Gasteiger partial charge in [0, 0.05) is 4.47 Å². The first kappa shape index (κ1) is 15.0. The van der Waals surface area contributed by atoms with Crippen LogP contribution in [0.5, 0.6) is 0 Å². The molecule has 0 atom stereocenters. The van der Waals surface area contributed by atoms with E-state index in [1.54, 1.807) is 6.92 Å². The van der Waals surface area contributed by atoms with E-state index in [9.17, 15) is 18.0 Å². The summed E-state index contributed by atoms with van der Waals surface area (Å²) in [4.78, 5) is 16.3. The van der Waals surface area contributed by atoms with Crippen molar-refractivity contribution < 1.29 is 18.0 Å². The summed E-state index contributed by atoms with van der Waals surface area (Å²) in [6, 6.07) is 3.08. The maximum atomic E-state index is 12.6. The van der Waals surface area contributed by atoms with Gasteiger partial charge in [-0.2, -0.15) is 13.2 Å². The molecule has 2 aromatic rings. The summed E-state index contributed by atoms with van der Waals surface area (Å²) in [5, 5.41) is 2.45. The molecule has 0 radical (unpaired) electrons. The van der Waals surface area contributed by atoms with E-state index in [0.29, 0.717) is 15.0 Å². The number of carbonyl (C=O) groups excluding carboxylic acids is 1. The zero-order valence-corrected chi connectivity index (χ0v) is 12.5. The first-order valence-corrected chi connectivity index (χ1v) is 7.04. The summed E-state index contributed by atoms with van der Waals surface area (Å²) in [5.41, 5.74) is 1.29. The van der Waals surface area contributed by atoms with Gasteiger partial charge in [-0.1, -0.05) is 0 Å². The normalized spacial score (nSPS) is 11.4. The minimum atomic E-state index is -4.46. The van der Waals surface area contributed by atoms with Gasteiger partial charge in [0.2, 0.25) is 0 Å². The number of amides is 1. The van der Waals surface area contributed by atoms with Crippen LogP contribution in [0.25, 0.3) is 0 Å². The van der Waals surface area contributed by atoms with E-state index in [-0.39, 0.29) is 5.69 Å². The smallest absolute Gasteiger partial charge is 0.320 e.